The zero-order valence-electron chi connectivity index (χ0n) is 9.06. The third-order valence-electron chi connectivity index (χ3n) is 1.76. The summed E-state index contributed by atoms with van der Waals surface area (Å²) in [5.41, 5.74) is 0. The van der Waals surface area contributed by atoms with Crippen molar-refractivity contribution in [3.05, 3.63) is 72.5 Å². The van der Waals surface area contributed by atoms with Crippen molar-refractivity contribution in [3.8, 4) is 0 Å². The van der Waals surface area contributed by atoms with Gasteiger partial charge in [0.1, 0.15) is 0 Å². The van der Waals surface area contributed by atoms with Gasteiger partial charge in [-0.3, -0.25) is 0 Å². The van der Waals surface area contributed by atoms with Crippen LogP contribution in [0.5, 0.6) is 0 Å². The van der Waals surface area contributed by atoms with Crippen LogP contribution in [0.25, 0.3) is 0 Å². The number of aliphatic hydroxyl groups excluding tert-OH is 1. The summed E-state index contributed by atoms with van der Waals surface area (Å²) in [6.07, 6.45) is 11.8. The molecule has 0 saturated heterocycles. The van der Waals surface area contributed by atoms with Crippen LogP contribution in [0, 0.1) is 43.3 Å². The van der Waals surface area contributed by atoms with E-state index >= 15 is 0 Å². The molecule has 1 aromatic rings. The Morgan fingerprint density at radius 2 is 1.88 bits per heavy atom. The molecule has 0 atom stereocenters. The first-order valence-electron chi connectivity index (χ1n) is 4.93. The SMILES string of the molecule is OC1=CC=[C-]C=CCC1.[U+2].[c-]1ccccc1. The molecule has 80 valence electrons. The summed E-state index contributed by atoms with van der Waals surface area (Å²) in [4.78, 5) is 0. The minimum absolute atomic E-state index is 0. The summed E-state index contributed by atoms with van der Waals surface area (Å²) < 4.78 is 0. The van der Waals surface area contributed by atoms with Gasteiger partial charge in [0.15, 0.2) is 0 Å². The largest absolute Gasteiger partial charge is 2.00 e. The van der Waals surface area contributed by atoms with E-state index in [1.54, 1.807) is 12.2 Å². The van der Waals surface area contributed by atoms with Gasteiger partial charge in [0.05, 0.1) is 0 Å². The maximum atomic E-state index is 8.97. The Hall–Kier alpha value is -0.708. The summed E-state index contributed by atoms with van der Waals surface area (Å²) in [6.45, 7) is 0. The minimum Gasteiger partial charge on any atom is -0.525 e. The van der Waals surface area contributed by atoms with Crippen LogP contribution in [0.15, 0.2) is 60.4 Å². The molecule has 1 N–H and O–H groups in total. The topological polar surface area (TPSA) is 20.2 Å². The first-order valence-corrected chi connectivity index (χ1v) is 4.93. The Labute approximate surface area is 121 Å². The van der Waals surface area contributed by atoms with Gasteiger partial charge >= 0.3 is 31.1 Å². The third-order valence-corrected chi connectivity index (χ3v) is 1.76. The van der Waals surface area contributed by atoms with Gasteiger partial charge in [-0.15, -0.1) is 6.08 Å². The second-order valence-corrected chi connectivity index (χ2v) is 3.01. The molecular weight excluding hydrogens is 422 g/mol. The van der Waals surface area contributed by atoms with Crippen LogP contribution in [0.2, 0.25) is 0 Å². The number of aliphatic hydroxyl groups is 1. The molecule has 0 radical (unpaired) electrons. The number of hydrogen-bond acceptors (Lipinski definition) is 1. The summed E-state index contributed by atoms with van der Waals surface area (Å²) >= 11 is 0. The normalized spacial score (nSPS) is 13.4. The molecule has 1 aliphatic carbocycles. The van der Waals surface area contributed by atoms with E-state index in [-0.39, 0.29) is 31.1 Å². The Balaban J connectivity index is 0.000000283. The van der Waals surface area contributed by atoms with Crippen LogP contribution in [0.1, 0.15) is 12.8 Å². The molecule has 0 unspecified atom stereocenters. The Morgan fingerprint density at radius 1 is 1.12 bits per heavy atom. The molecular formula is C14H14OU. The van der Waals surface area contributed by atoms with Crippen LogP contribution in [-0.4, -0.2) is 5.11 Å². The van der Waals surface area contributed by atoms with Gasteiger partial charge in [-0.2, -0.15) is 60.7 Å². The second kappa shape index (κ2) is 10.8. The molecule has 2 heteroatoms. The van der Waals surface area contributed by atoms with E-state index in [0.29, 0.717) is 5.76 Å². The van der Waals surface area contributed by atoms with Crippen LogP contribution < -0.4 is 0 Å². The molecule has 0 saturated carbocycles. The standard InChI is InChI=1S/C8H9O.C6H5.U/c9-8-6-4-2-1-3-5-7-8;1-2-4-6-5-3-1;/h1-2,5,7,9H,4,6H2;1-5H;/q2*-1;+2. The monoisotopic (exact) mass is 436 g/mol. The van der Waals surface area contributed by atoms with Gasteiger partial charge in [0.2, 0.25) is 0 Å². The Bertz CT molecular complexity index is 312. The fourth-order valence-corrected chi connectivity index (χ4v) is 1.01. The van der Waals surface area contributed by atoms with Crippen LogP contribution in [-0.2, 0) is 0 Å². The predicted molar refractivity (Wildman–Crippen MR) is 62.2 cm³/mol. The van der Waals surface area contributed by atoms with Crippen molar-refractivity contribution < 1.29 is 36.2 Å². The van der Waals surface area contributed by atoms with Gasteiger partial charge in [-0.25, -0.2) is 0 Å². The smallest absolute Gasteiger partial charge is 0.525 e. The average molecular weight is 436 g/mol. The molecule has 2 rings (SSSR count). The summed E-state index contributed by atoms with van der Waals surface area (Å²) in [6, 6.07) is 12.5. The molecule has 0 heterocycles. The molecule has 0 aromatic heterocycles. The van der Waals surface area contributed by atoms with E-state index in [2.05, 4.69) is 12.1 Å². The summed E-state index contributed by atoms with van der Waals surface area (Å²) in [5.74, 6) is 0.437. The molecule has 1 nitrogen and oxygen atoms in total. The van der Waals surface area contributed by atoms with Gasteiger partial charge in [0, 0.05) is 5.76 Å². The molecule has 1 aromatic carbocycles. The minimum atomic E-state index is 0. The van der Waals surface area contributed by atoms with Crippen molar-refractivity contribution in [2.45, 2.75) is 12.8 Å². The van der Waals surface area contributed by atoms with Crippen LogP contribution in [0.3, 0.4) is 0 Å². The van der Waals surface area contributed by atoms with E-state index in [9.17, 15) is 0 Å². The Morgan fingerprint density at radius 3 is 2.44 bits per heavy atom. The average Bonchev–Trinajstić information content (AvgIpc) is 2.27. The van der Waals surface area contributed by atoms with Gasteiger partial charge in [0.25, 0.3) is 0 Å². The van der Waals surface area contributed by atoms with Crippen LogP contribution >= 0.6 is 0 Å². The van der Waals surface area contributed by atoms with E-state index in [1.165, 1.54) is 0 Å². The zero-order valence-corrected chi connectivity index (χ0v) is 13.2. The second-order valence-electron chi connectivity index (χ2n) is 3.01. The van der Waals surface area contributed by atoms with Crippen LogP contribution in [0.4, 0.5) is 0 Å². The fourth-order valence-electron chi connectivity index (χ4n) is 1.01. The molecule has 0 bridgehead atoms. The van der Waals surface area contributed by atoms with Crippen molar-refractivity contribution in [2.24, 2.45) is 0 Å². The van der Waals surface area contributed by atoms with E-state index in [0.717, 1.165) is 12.8 Å². The summed E-state index contributed by atoms with van der Waals surface area (Å²) in [5, 5.41) is 8.97. The maximum Gasteiger partial charge on any atom is 2.00 e. The van der Waals surface area contributed by atoms with Crippen molar-refractivity contribution in [1.29, 1.82) is 0 Å². The Kier molecular flexibility index (Phi) is 10.3. The van der Waals surface area contributed by atoms with Gasteiger partial charge in [-0.1, -0.05) is 6.42 Å². The number of hydrogen-bond donors (Lipinski definition) is 1. The third kappa shape index (κ3) is 8.59. The maximum absolute atomic E-state index is 8.97. The van der Waals surface area contributed by atoms with Crippen molar-refractivity contribution in [2.75, 3.05) is 0 Å². The van der Waals surface area contributed by atoms with Crippen molar-refractivity contribution in [3.63, 3.8) is 0 Å². The molecule has 0 amide bonds. The van der Waals surface area contributed by atoms with Gasteiger partial charge in [-0.05, 0) is 6.42 Å². The molecule has 0 fully saturated rings. The van der Waals surface area contributed by atoms with E-state index < -0.39 is 0 Å². The molecule has 16 heavy (non-hydrogen) atoms. The number of benzene rings is 1. The molecule has 0 aliphatic heterocycles. The van der Waals surface area contributed by atoms with E-state index in [4.69, 9.17) is 5.11 Å². The van der Waals surface area contributed by atoms with Crippen molar-refractivity contribution in [1.82, 2.24) is 0 Å². The fraction of sp³-hybridized carbons (Fsp3) is 0.143. The first-order chi connectivity index (χ1) is 7.39. The summed E-state index contributed by atoms with van der Waals surface area (Å²) in [7, 11) is 0. The quantitative estimate of drug-likeness (QED) is 0.617. The first kappa shape index (κ1) is 15.3. The van der Waals surface area contributed by atoms with E-state index in [1.807, 2.05) is 42.5 Å². The molecule has 1 aliphatic rings. The van der Waals surface area contributed by atoms with Gasteiger partial charge < -0.3 is 5.11 Å². The number of rotatable bonds is 0. The molecule has 0 spiro atoms. The number of allylic oxidation sites excluding steroid dienone is 6. The predicted octanol–water partition coefficient (Wildman–Crippen LogP) is 3.62. The zero-order chi connectivity index (χ0) is 10.8. The van der Waals surface area contributed by atoms with Crippen molar-refractivity contribution >= 4 is 0 Å².